The molecule has 0 aliphatic heterocycles. The van der Waals surface area contributed by atoms with Gasteiger partial charge in [0.1, 0.15) is 0 Å². The van der Waals surface area contributed by atoms with E-state index in [1.54, 1.807) is 0 Å². The second-order valence-corrected chi connectivity index (χ2v) is 6.27. The molecule has 3 nitrogen and oxygen atoms in total. The second kappa shape index (κ2) is 6.56. The maximum atomic E-state index is 11.0. The second-order valence-electron chi connectivity index (χ2n) is 4.03. The van der Waals surface area contributed by atoms with Gasteiger partial charge in [0.15, 0.2) is 0 Å². The number of primary amides is 1. The maximum absolute atomic E-state index is 11.0. The Morgan fingerprint density at radius 2 is 1.74 bits per heavy atom. The zero-order chi connectivity index (χ0) is 13.8. The minimum atomic E-state index is -0.315. The van der Waals surface area contributed by atoms with Crippen LogP contribution in [0.2, 0.25) is 0 Å². The van der Waals surface area contributed by atoms with Crippen molar-refractivity contribution in [3.05, 3.63) is 55.2 Å². The van der Waals surface area contributed by atoms with Crippen LogP contribution in [0.4, 0.5) is 11.4 Å². The third-order valence-electron chi connectivity index (χ3n) is 2.59. The van der Waals surface area contributed by atoms with Crippen molar-refractivity contribution in [2.24, 2.45) is 5.73 Å². The molecule has 0 bridgehead atoms. The van der Waals surface area contributed by atoms with Crippen molar-refractivity contribution in [1.29, 1.82) is 0 Å². The summed E-state index contributed by atoms with van der Waals surface area (Å²) in [7, 11) is 0. The van der Waals surface area contributed by atoms with Gasteiger partial charge in [-0.15, -0.1) is 0 Å². The van der Waals surface area contributed by atoms with Crippen LogP contribution in [0.25, 0.3) is 0 Å². The van der Waals surface area contributed by atoms with E-state index >= 15 is 0 Å². The highest BCUT2D eigenvalue weighted by Gasteiger charge is 2.08. The van der Waals surface area contributed by atoms with E-state index in [2.05, 4.69) is 50.5 Å². The molecule has 0 spiro atoms. The molecule has 0 radical (unpaired) electrons. The van der Waals surface area contributed by atoms with E-state index in [0.29, 0.717) is 0 Å². The van der Waals surface area contributed by atoms with Gasteiger partial charge in [0.05, 0.1) is 17.8 Å². The van der Waals surface area contributed by atoms with Crippen molar-refractivity contribution in [3.63, 3.8) is 0 Å². The molecule has 2 aromatic carbocycles. The van der Waals surface area contributed by atoms with E-state index in [1.165, 1.54) is 0 Å². The molecule has 2 aromatic rings. The van der Waals surface area contributed by atoms with Crippen molar-refractivity contribution in [2.75, 3.05) is 5.32 Å². The molecular formula is C14H12I2N2O. The monoisotopic (exact) mass is 478 g/mol. The fraction of sp³-hybridized carbons (Fsp3) is 0.0714. The summed E-state index contributed by atoms with van der Waals surface area (Å²) in [5.41, 5.74) is 8.25. The van der Waals surface area contributed by atoms with Crippen LogP contribution in [0.15, 0.2) is 42.5 Å². The molecule has 0 heterocycles. The fourth-order valence-electron chi connectivity index (χ4n) is 1.71. The summed E-state index contributed by atoms with van der Waals surface area (Å²) in [5, 5.41) is 3.39. The van der Waals surface area contributed by atoms with Gasteiger partial charge < -0.3 is 11.1 Å². The van der Waals surface area contributed by atoms with Gasteiger partial charge in [0.2, 0.25) is 5.91 Å². The number of hydrogen-bond donors (Lipinski definition) is 2. The molecule has 0 aromatic heterocycles. The number of hydrogen-bond acceptors (Lipinski definition) is 2. The third-order valence-corrected chi connectivity index (χ3v) is 4.80. The summed E-state index contributed by atoms with van der Waals surface area (Å²) >= 11 is 4.53. The first-order valence-corrected chi connectivity index (χ1v) is 7.81. The van der Waals surface area contributed by atoms with Crippen molar-refractivity contribution >= 4 is 62.5 Å². The average Bonchev–Trinajstić information content (AvgIpc) is 2.36. The summed E-state index contributed by atoms with van der Waals surface area (Å²) in [6, 6.07) is 13.9. The van der Waals surface area contributed by atoms with Crippen molar-refractivity contribution in [2.45, 2.75) is 6.42 Å². The van der Waals surface area contributed by atoms with E-state index in [9.17, 15) is 4.79 Å². The lowest BCUT2D eigenvalue weighted by molar-refractivity contribution is -0.117. The molecule has 0 aliphatic carbocycles. The van der Waals surface area contributed by atoms with Crippen LogP contribution in [0.3, 0.4) is 0 Å². The zero-order valence-corrected chi connectivity index (χ0v) is 14.3. The maximum Gasteiger partial charge on any atom is 0.221 e. The minimum absolute atomic E-state index is 0.264. The molecule has 19 heavy (non-hydrogen) atoms. The Bertz CT molecular complexity index is 614. The van der Waals surface area contributed by atoms with Gasteiger partial charge in [-0.1, -0.05) is 24.3 Å². The number of nitrogens with one attached hydrogen (secondary N) is 1. The smallest absolute Gasteiger partial charge is 0.221 e. The molecule has 0 atom stereocenters. The Kier molecular flexibility index (Phi) is 5.03. The van der Waals surface area contributed by atoms with E-state index in [-0.39, 0.29) is 12.3 Å². The van der Waals surface area contributed by atoms with Gasteiger partial charge in [-0.3, -0.25) is 4.79 Å². The van der Waals surface area contributed by atoms with Crippen LogP contribution in [-0.2, 0) is 11.2 Å². The van der Waals surface area contributed by atoms with Gasteiger partial charge in [-0.25, -0.2) is 0 Å². The van der Waals surface area contributed by atoms with Crippen molar-refractivity contribution in [3.8, 4) is 0 Å². The lowest BCUT2D eigenvalue weighted by Crippen LogP contribution is -2.14. The average molecular weight is 478 g/mol. The van der Waals surface area contributed by atoms with Crippen LogP contribution in [0.1, 0.15) is 5.56 Å². The highest BCUT2D eigenvalue weighted by Crippen LogP contribution is 2.28. The molecule has 5 heteroatoms. The number of rotatable bonds is 4. The summed E-state index contributed by atoms with van der Waals surface area (Å²) in [4.78, 5) is 11.0. The van der Waals surface area contributed by atoms with Crippen molar-refractivity contribution in [1.82, 2.24) is 0 Å². The minimum Gasteiger partial charge on any atom is -0.369 e. The fourth-order valence-corrected chi connectivity index (χ4v) is 2.92. The van der Waals surface area contributed by atoms with Gasteiger partial charge >= 0.3 is 0 Å². The molecule has 0 aliphatic rings. The number of para-hydroxylation sites is 1. The SMILES string of the molecule is NC(=O)Cc1cccc(Nc2ccccc2I)c1I. The number of anilines is 2. The van der Waals surface area contributed by atoms with Crippen LogP contribution >= 0.6 is 45.2 Å². The number of carbonyl (C=O) groups excluding carboxylic acids is 1. The lowest BCUT2D eigenvalue weighted by Gasteiger charge is -2.12. The standard InChI is InChI=1S/C14H12I2N2O/c15-10-5-1-2-6-11(10)18-12-7-3-4-9(14(12)16)8-13(17)19/h1-7,18H,8H2,(H2,17,19). The summed E-state index contributed by atoms with van der Waals surface area (Å²) in [6.07, 6.45) is 0.264. The Labute approximate surface area is 139 Å². The third kappa shape index (κ3) is 3.82. The van der Waals surface area contributed by atoms with Crippen molar-refractivity contribution < 1.29 is 4.79 Å². The van der Waals surface area contributed by atoms with Gasteiger partial charge in [0, 0.05) is 7.14 Å². The molecule has 0 saturated carbocycles. The largest absolute Gasteiger partial charge is 0.369 e. The first kappa shape index (κ1) is 14.6. The molecule has 98 valence electrons. The van der Waals surface area contributed by atoms with E-state index < -0.39 is 0 Å². The first-order chi connectivity index (χ1) is 9.08. The Morgan fingerprint density at radius 3 is 2.42 bits per heavy atom. The topological polar surface area (TPSA) is 55.1 Å². The Morgan fingerprint density at radius 1 is 1.05 bits per heavy atom. The summed E-state index contributed by atoms with van der Waals surface area (Å²) < 4.78 is 2.18. The van der Waals surface area contributed by atoms with Crippen LogP contribution in [0.5, 0.6) is 0 Å². The van der Waals surface area contributed by atoms with Gasteiger partial charge in [0.25, 0.3) is 0 Å². The molecule has 0 fully saturated rings. The zero-order valence-electron chi connectivity index (χ0n) is 9.99. The number of halogens is 2. The molecule has 1 amide bonds. The molecule has 0 saturated heterocycles. The van der Waals surface area contributed by atoms with Gasteiger partial charge in [-0.2, -0.15) is 0 Å². The lowest BCUT2D eigenvalue weighted by atomic mass is 10.1. The predicted octanol–water partition coefficient (Wildman–Crippen LogP) is 3.67. The van der Waals surface area contributed by atoms with Crippen LogP contribution < -0.4 is 11.1 Å². The number of benzene rings is 2. The normalized spacial score (nSPS) is 10.2. The van der Waals surface area contributed by atoms with E-state index in [1.807, 2.05) is 42.5 Å². The number of carbonyl (C=O) groups is 1. The predicted molar refractivity (Wildman–Crippen MR) is 94.5 cm³/mol. The Balaban J connectivity index is 2.31. The number of amides is 1. The molecule has 0 unspecified atom stereocenters. The first-order valence-electron chi connectivity index (χ1n) is 5.65. The Hall–Kier alpha value is -0.830. The highest BCUT2D eigenvalue weighted by molar-refractivity contribution is 14.1. The quantitative estimate of drug-likeness (QED) is 0.660. The molecular weight excluding hydrogens is 466 g/mol. The summed E-state index contributed by atoms with van der Waals surface area (Å²) in [6.45, 7) is 0. The number of nitrogens with two attached hydrogens (primary N) is 1. The molecule has 2 rings (SSSR count). The molecule has 3 N–H and O–H groups in total. The van der Waals surface area contributed by atoms with Gasteiger partial charge in [-0.05, 0) is 68.9 Å². The van der Waals surface area contributed by atoms with E-state index in [0.717, 1.165) is 24.1 Å². The van der Waals surface area contributed by atoms with Crippen LogP contribution in [-0.4, -0.2) is 5.91 Å². The van der Waals surface area contributed by atoms with Crippen LogP contribution in [0, 0.1) is 7.14 Å². The summed E-state index contributed by atoms with van der Waals surface area (Å²) in [5.74, 6) is -0.315. The highest BCUT2D eigenvalue weighted by atomic mass is 127. The van der Waals surface area contributed by atoms with E-state index in [4.69, 9.17) is 5.73 Å².